The number of aryl methyl sites for hydroxylation is 1. The van der Waals surface area contributed by atoms with Gasteiger partial charge in [0.15, 0.2) is 0 Å². The molecule has 3 aromatic carbocycles. The zero-order valence-corrected chi connectivity index (χ0v) is 16.9. The molecular weight excluding hydrogens is 380 g/mol. The summed E-state index contributed by atoms with van der Waals surface area (Å²) in [5.74, 6) is 0.440. The summed E-state index contributed by atoms with van der Waals surface area (Å²) in [5, 5.41) is 4.09. The van der Waals surface area contributed by atoms with Crippen molar-refractivity contribution in [1.29, 1.82) is 0 Å². The van der Waals surface area contributed by atoms with Gasteiger partial charge in [-0.05, 0) is 47.9 Å². The molecular formula is C25H21ClN2O. The Bertz CT molecular complexity index is 1080. The third kappa shape index (κ3) is 4.64. The highest BCUT2D eigenvalue weighted by Gasteiger charge is 2.22. The van der Waals surface area contributed by atoms with Crippen LogP contribution in [0.5, 0.6) is 0 Å². The number of carbonyl (C=O) groups excluding carboxylic acids is 1. The number of nitrogens with one attached hydrogen (secondary N) is 1. The molecule has 0 aliphatic carbocycles. The topological polar surface area (TPSA) is 41.5 Å². The van der Waals surface area contributed by atoms with Crippen molar-refractivity contribution in [2.45, 2.75) is 19.8 Å². The van der Waals surface area contributed by atoms with E-state index >= 15 is 0 Å². The molecule has 1 N–H and O–H groups in total. The number of aliphatic imine (C=N–C) groups is 1. The molecule has 0 atom stereocenters. The number of benzene rings is 3. The Morgan fingerprint density at radius 1 is 0.966 bits per heavy atom. The fraction of sp³-hybridized carbons (Fsp3) is 0.120. The van der Waals surface area contributed by atoms with E-state index in [0.717, 1.165) is 28.8 Å². The average molecular weight is 401 g/mol. The molecule has 0 aromatic heterocycles. The van der Waals surface area contributed by atoms with Gasteiger partial charge in [0, 0.05) is 29.1 Å². The molecule has 29 heavy (non-hydrogen) atoms. The number of allylic oxidation sites excluding steroid dienone is 1. The first kappa shape index (κ1) is 19.2. The van der Waals surface area contributed by atoms with E-state index in [9.17, 15) is 4.79 Å². The van der Waals surface area contributed by atoms with Crippen molar-refractivity contribution in [3.8, 4) is 0 Å². The number of hydrogen-bond donors (Lipinski definition) is 1. The van der Waals surface area contributed by atoms with Gasteiger partial charge in [0.05, 0.1) is 0 Å². The molecule has 3 nitrogen and oxygen atoms in total. The Morgan fingerprint density at radius 3 is 2.34 bits per heavy atom. The highest BCUT2D eigenvalue weighted by molar-refractivity contribution is 6.30. The van der Waals surface area contributed by atoms with E-state index in [2.05, 4.69) is 22.4 Å². The number of halogens is 1. The van der Waals surface area contributed by atoms with E-state index in [1.807, 2.05) is 73.7 Å². The largest absolute Gasteiger partial charge is 0.346 e. The van der Waals surface area contributed by atoms with Gasteiger partial charge in [-0.2, -0.15) is 4.99 Å². The van der Waals surface area contributed by atoms with Crippen LogP contribution in [0.2, 0.25) is 5.02 Å². The fourth-order valence-corrected chi connectivity index (χ4v) is 3.52. The predicted octanol–water partition coefficient (Wildman–Crippen LogP) is 5.83. The van der Waals surface area contributed by atoms with E-state index in [4.69, 9.17) is 11.6 Å². The van der Waals surface area contributed by atoms with Crippen molar-refractivity contribution in [3.05, 3.63) is 112 Å². The number of hydrogen-bond acceptors (Lipinski definition) is 1. The van der Waals surface area contributed by atoms with Crippen molar-refractivity contribution in [1.82, 2.24) is 5.32 Å². The fourth-order valence-electron chi connectivity index (χ4n) is 3.40. The molecule has 1 heterocycles. The first-order chi connectivity index (χ1) is 14.1. The third-order valence-electron chi connectivity index (χ3n) is 4.96. The summed E-state index contributed by atoms with van der Waals surface area (Å²) < 4.78 is 0. The summed E-state index contributed by atoms with van der Waals surface area (Å²) in [6.45, 7) is 2.00. The van der Waals surface area contributed by atoms with E-state index in [0.29, 0.717) is 22.8 Å². The van der Waals surface area contributed by atoms with Crippen molar-refractivity contribution >= 4 is 28.9 Å². The molecule has 0 radical (unpaired) electrons. The zero-order chi connectivity index (χ0) is 20.2. The van der Waals surface area contributed by atoms with E-state index in [1.165, 1.54) is 5.56 Å². The van der Waals surface area contributed by atoms with Crippen LogP contribution in [-0.2, 0) is 6.42 Å². The minimum absolute atomic E-state index is 0.232. The van der Waals surface area contributed by atoms with Crippen LogP contribution in [0, 0.1) is 6.92 Å². The lowest BCUT2D eigenvalue weighted by molar-refractivity contribution is 0.100. The van der Waals surface area contributed by atoms with E-state index < -0.39 is 0 Å². The molecule has 1 aliphatic heterocycles. The Kier molecular flexibility index (Phi) is 5.59. The molecule has 0 unspecified atom stereocenters. The van der Waals surface area contributed by atoms with Gasteiger partial charge in [-0.3, -0.25) is 4.79 Å². The zero-order valence-electron chi connectivity index (χ0n) is 16.2. The van der Waals surface area contributed by atoms with E-state index in [-0.39, 0.29) is 5.91 Å². The van der Waals surface area contributed by atoms with Gasteiger partial charge in [-0.25, -0.2) is 0 Å². The second-order valence-electron chi connectivity index (χ2n) is 7.16. The first-order valence-corrected chi connectivity index (χ1v) is 9.94. The Labute approximate surface area is 175 Å². The van der Waals surface area contributed by atoms with E-state index in [1.54, 1.807) is 0 Å². The van der Waals surface area contributed by atoms with Gasteiger partial charge in [0.1, 0.15) is 5.84 Å². The maximum absolute atomic E-state index is 12.6. The number of nitrogens with zero attached hydrogens (tertiary/aromatic N) is 1. The van der Waals surface area contributed by atoms with Crippen LogP contribution in [0.15, 0.2) is 89.6 Å². The Morgan fingerprint density at radius 2 is 1.66 bits per heavy atom. The third-order valence-corrected chi connectivity index (χ3v) is 5.21. The van der Waals surface area contributed by atoms with Gasteiger partial charge in [0.2, 0.25) is 0 Å². The quantitative estimate of drug-likeness (QED) is 0.598. The first-order valence-electron chi connectivity index (χ1n) is 9.56. The molecule has 0 saturated carbocycles. The normalized spacial score (nSPS) is 14.9. The summed E-state index contributed by atoms with van der Waals surface area (Å²) >= 11 is 6.06. The monoisotopic (exact) mass is 400 g/mol. The standard InChI is InChI=1S/C25H21ClN2O/c1-17-7-9-20(10-8-17)25(29)28-24-16-22(19-11-13-21(26)14-12-19)23(27-24)15-18-5-3-2-4-6-18/h2-14H,15-16H2,1H3,(H,27,28,29). The lowest BCUT2D eigenvalue weighted by atomic mass is 9.99. The van der Waals surface area contributed by atoms with Gasteiger partial charge in [-0.15, -0.1) is 0 Å². The molecule has 0 saturated heterocycles. The van der Waals surface area contributed by atoms with Gasteiger partial charge in [0.25, 0.3) is 5.91 Å². The highest BCUT2D eigenvalue weighted by atomic mass is 35.5. The van der Waals surface area contributed by atoms with Gasteiger partial charge in [-0.1, -0.05) is 71.8 Å². The molecule has 144 valence electrons. The van der Waals surface area contributed by atoms with Crippen molar-refractivity contribution in [3.63, 3.8) is 0 Å². The number of amidine groups is 1. The molecule has 4 rings (SSSR count). The van der Waals surface area contributed by atoms with Crippen LogP contribution >= 0.6 is 11.6 Å². The summed E-state index contributed by atoms with van der Waals surface area (Å²) in [7, 11) is 0. The summed E-state index contributed by atoms with van der Waals surface area (Å²) in [5.41, 5.74) is 6.20. The molecule has 1 amide bonds. The molecule has 0 spiro atoms. The van der Waals surface area contributed by atoms with Crippen LogP contribution in [-0.4, -0.2) is 11.7 Å². The van der Waals surface area contributed by atoms with Crippen molar-refractivity contribution in [2.24, 2.45) is 4.99 Å². The SMILES string of the molecule is Cc1ccc(C(=O)/N=C2/CC(c3ccc(Cl)cc3)=C(Cc3ccccc3)N2)cc1. The van der Waals surface area contributed by atoms with Crippen molar-refractivity contribution in [2.75, 3.05) is 0 Å². The van der Waals surface area contributed by atoms with Gasteiger partial charge < -0.3 is 5.32 Å². The molecule has 4 heteroatoms. The van der Waals surface area contributed by atoms with Crippen LogP contribution in [0.25, 0.3) is 5.57 Å². The lowest BCUT2D eigenvalue weighted by Crippen LogP contribution is -2.19. The average Bonchev–Trinajstić information content (AvgIpc) is 3.11. The lowest BCUT2D eigenvalue weighted by Gasteiger charge is -2.08. The summed E-state index contributed by atoms with van der Waals surface area (Å²) in [4.78, 5) is 17.0. The molecule has 3 aromatic rings. The highest BCUT2D eigenvalue weighted by Crippen LogP contribution is 2.29. The maximum atomic E-state index is 12.6. The Hall–Kier alpha value is -3.17. The van der Waals surface area contributed by atoms with Crippen LogP contribution in [0.4, 0.5) is 0 Å². The number of rotatable bonds is 4. The van der Waals surface area contributed by atoms with Crippen LogP contribution in [0.3, 0.4) is 0 Å². The summed E-state index contributed by atoms with van der Waals surface area (Å²) in [6, 6.07) is 25.5. The van der Waals surface area contributed by atoms with Crippen LogP contribution < -0.4 is 5.32 Å². The minimum atomic E-state index is -0.232. The number of amides is 1. The van der Waals surface area contributed by atoms with Gasteiger partial charge >= 0.3 is 0 Å². The second kappa shape index (κ2) is 8.46. The van der Waals surface area contributed by atoms with Crippen molar-refractivity contribution < 1.29 is 4.79 Å². The smallest absolute Gasteiger partial charge is 0.278 e. The minimum Gasteiger partial charge on any atom is -0.346 e. The molecule has 0 bridgehead atoms. The van der Waals surface area contributed by atoms with Crippen LogP contribution in [0.1, 0.15) is 33.5 Å². The summed E-state index contributed by atoms with van der Waals surface area (Å²) in [6.07, 6.45) is 1.33. The molecule has 1 aliphatic rings. The maximum Gasteiger partial charge on any atom is 0.278 e. The molecule has 0 fully saturated rings. The number of carbonyl (C=O) groups is 1. The predicted molar refractivity (Wildman–Crippen MR) is 119 cm³/mol. The second-order valence-corrected chi connectivity index (χ2v) is 7.59. The Balaban J connectivity index is 1.63.